The number of nitrogens with zero attached hydrogens (tertiary/aromatic N) is 5. The van der Waals surface area contributed by atoms with E-state index in [0.717, 1.165) is 29.9 Å². The highest BCUT2D eigenvalue weighted by Gasteiger charge is 2.32. The Morgan fingerprint density at radius 1 is 1.21 bits per heavy atom. The smallest absolute Gasteiger partial charge is 0.318 e. The van der Waals surface area contributed by atoms with E-state index in [2.05, 4.69) is 10.4 Å². The molecule has 0 radical (unpaired) electrons. The monoisotopic (exact) mass is 540 g/mol. The summed E-state index contributed by atoms with van der Waals surface area (Å²) in [4.78, 5) is 43.8. The lowest BCUT2D eigenvalue weighted by atomic mass is 10.1. The number of anilines is 2. The highest BCUT2D eigenvalue weighted by Crippen LogP contribution is 2.32. The topological polar surface area (TPSA) is 109 Å². The molecule has 4 amide bonds. The van der Waals surface area contributed by atoms with Gasteiger partial charge in [-0.25, -0.2) is 4.79 Å². The number of hydrazone groups is 1. The molecule has 2 aromatic rings. The molecule has 2 aromatic carbocycles. The maximum atomic E-state index is 13.8. The standard InChI is InChI=1S/C27H33ClN6O4/c1-19-17-33(26(37)22-9-8-21(16-23(22)28)34-13-5-11-30-34)24-7-4-3-6-20(24)18-32(19)27(38)29-12-10-25(36)31(2)14-15-35/h3-4,6-9,11,16,19,35H,5,10,12-15,17-18H2,1-2H3,(H,29,38)/t19-/m1/s1. The first-order valence-electron chi connectivity index (χ1n) is 12.7. The van der Waals surface area contributed by atoms with E-state index in [1.165, 1.54) is 4.90 Å². The number of aliphatic hydroxyl groups excluding tert-OH is 1. The summed E-state index contributed by atoms with van der Waals surface area (Å²) in [6.45, 7) is 3.55. The Kier molecular flexibility index (Phi) is 8.85. The van der Waals surface area contributed by atoms with Crippen LogP contribution in [0.4, 0.5) is 16.2 Å². The van der Waals surface area contributed by atoms with Crippen molar-refractivity contribution in [2.75, 3.05) is 49.7 Å². The Bertz CT molecular complexity index is 1220. The molecule has 2 heterocycles. The summed E-state index contributed by atoms with van der Waals surface area (Å²) in [7, 11) is 1.61. The molecule has 1 atom stereocenters. The number of carbonyl (C=O) groups is 3. The average Bonchev–Trinajstić information content (AvgIpc) is 3.40. The molecule has 11 heteroatoms. The fraction of sp³-hybridized carbons (Fsp3) is 0.407. The first kappa shape index (κ1) is 27.4. The van der Waals surface area contributed by atoms with Gasteiger partial charge >= 0.3 is 6.03 Å². The van der Waals surface area contributed by atoms with E-state index >= 15 is 0 Å². The van der Waals surface area contributed by atoms with Crippen molar-refractivity contribution in [3.63, 3.8) is 0 Å². The van der Waals surface area contributed by atoms with Gasteiger partial charge in [0.2, 0.25) is 5.91 Å². The maximum absolute atomic E-state index is 13.8. The number of hydrogen-bond acceptors (Lipinski definition) is 6. The molecule has 38 heavy (non-hydrogen) atoms. The van der Waals surface area contributed by atoms with E-state index in [9.17, 15) is 14.4 Å². The Labute approximate surface area is 227 Å². The lowest BCUT2D eigenvalue weighted by Gasteiger charge is -2.29. The fourth-order valence-corrected chi connectivity index (χ4v) is 4.84. The van der Waals surface area contributed by atoms with Crippen LogP contribution in [-0.2, 0) is 11.3 Å². The number of amides is 4. The lowest BCUT2D eigenvalue weighted by Crippen LogP contribution is -2.48. The number of carbonyl (C=O) groups excluding carboxylic acids is 3. The lowest BCUT2D eigenvalue weighted by molar-refractivity contribution is -0.130. The predicted octanol–water partition coefficient (Wildman–Crippen LogP) is 2.94. The number of fused-ring (bicyclic) bond motifs is 1. The van der Waals surface area contributed by atoms with Crippen LogP contribution in [-0.4, -0.2) is 84.8 Å². The minimum Gasteiger partial charge on any atom is -0.395 e. The molecule has 10 nitrogen and oxygen atoms in total. The van der Waals surface area contributed by atoms with E-state index in [1.54, 1.807) is 29.0 Å². The summed E-state index contributed by atoms with van der Waals surface area (Å²) in [5.74, 6) is -0.407. The normalized spacial score (nSPS) is 16.7. The second kappa shape index (κ2) is 12.3. The molecule has 0 bridgehead atoms. The molecular formula is C27H33ClN6O4. The van der Waals surface area contributed by atoms with Gasteiger partial charge in [-0.2, -0.15) is 5.10 Å². The van der Waals surface area contributed by atoms with Gasteiger partial charge in [0.15, 0.2) is 0 Å². The molecule has 2 N–H and O–H groups in total. The molecule has 0 spiro atoms. The van der Waals surface area contributed by atoms with Crippen LogP contribution in [0.3, 0.4) is 0 Å². The fourth-order valence-electron chi connectivity index (χ4n) is 4.59. The molecule has 2 aliphatic rings. The zero-order valence-electron chi connectivity index (χ0n) is 21.6. The van der Waals surface area contributed by atoms with Crippen molar-refractivity contribution in [2.45, 2.75) is 32.4 Å². The molecule has 0 aliphatic carbocycles. The van der Waals surface area contributed by atoms with Crippen LogP contribution in [0.5, 0.6) is 0 Å². The average molecular weight is 541 g/mol. The van der Waals surface area contributed by atoms with E-state index in [0.29, 0.717) is 17.1 Å². The van der Waals surface area contributed by atoms with Gasteiger partial charge in [-0.05, 0) is 36.8 Å². The number of halogens is 1. The summed E-state index contributed by atoms with van der Waals surface area (Å²) in [6, 6.07) is 12.2. The summed E-state index contributed by atoms with van der Waals surface area (Å²) in [5, 5.41) is 18.3. The van der Waals surface area contributed by atoms with E-state index in [-0.39, 0.29) is 56.5 Å². The maximum Gasteiger partial charge on any atom is 0.318 e. The van der Waals surface area contributed by atoms with Crippen LogP contribution in [0.2, 0.25) is 5.02 Å². The summed E-state index contributed by atoms with van der Waals surface area (Å²) < 4.78 is 0. The van der Waals surface area contributed by atoms with Gasteiger partial charge in [0.1, 0.15) is 0 Å². The zero-order valence-corrected chi connectivity index (χ0v) is 22.4. The van der Waals surface area contributed by atoms with E-state index < -0.39 is 0 Å². The minimum absolute atomic E-state index is 0.114. The van der Waals surface area contributed by atoms with Crippen molar-refractivity contribution in [2.24, 2.45) is 5.10 Å². The highest BCUT2D eigenvalue weighted by atomic mass is 35.5. The SMILES string of the molecule is C[C@@H]1CN(C(=O)c2ccc(N3CCC=N3)cc2Cl)c2ccccc2CN1C(=O)NCCC(=O)N(C)CCO. The van der Waals surface area contributed by atoms with Gasteiger partial charge < -0.3 is 25.1 Å². The van der Waals surface area contributed by atoms with Crippen molar-refractivity contribution in [3.05, 3.63) is 58.6 Å². The number of rotatable bonds is 7. The molecule has 2 aliphatic heterocycles. The first-order valence-corrected chi connectivity index (χ1v) is 13.1. The van der Waals surface area contributed by atoms with Gasteiger partial charge in [0.05, 0.1) is 22.9 Å². The minimum atomic E-state index is -0.312. The van der Waals surface area contributed by atoms with Crippen LogP contribution in [0.15, 0.2) is 47.6 Å². The third kappa shape index (κ3) is 6.08. The summed E-state index contributed by atoms with van der Waals surface area (Å²) in [6.07, 6.45) is 2.84. The molecule has 4 rings (SSSR count). The van der Waals surface area contributed by atoms with Gasteiger partial charge in [-0.15, -0.1) is 0 Å². The molecule has 0 saturated carbocycles. The number of para-hydroxylation sites is 1. The molecule has 0 saturated heterocycles. The molecule has 202 valence electrons. The third-order valence-electron chi connectivity index (χ3n) is 6.76. The van der Waals surface area contributed by atoms with Crippen molar-refractivity contribution in [3.8, 4) is 0 Å². The van der Waals surface area contributed by atoms with Gasteiger partial charge in [0, 0.05) is 70.6 Å². The quantitative estimate of drug-likeness (QED) is 0.561. The number of aliphatic hydroxyl groups is 1. The van der Waals surface area contributed by atoms with Gasteiger partial charge in [-0.1, -0.05) is 29.8 Å². The number of likely N-dealkylation sites (N-methyl/N-ethyl adjacent to an activating group) is 1. The Hall–Kier alpha value is -3.63. The first-order chi connectivity index (χ1) is 18.3. The molecule has 0 unspecified atom stereocenters. The van der Waals surface area contributed by atoms with Crippen LogP contribution in [0, 0.1) is 0 Å². The second-order valence-electron chi connectivity index (χ2n) is 9.42. The van der Waals surface area contributed by atoms with Gasteiger partial charge in [0.25, 0.3) is 5.91 Å². The third-order valence-corrected chi connectivity index (χ3v) is 7.07. The van der Waals surface area contributed by atoms with Crippen LogP contribution < -0.4 is 15.2 Å². The molecular weight excluding hydrogens is 508 g/mol. The van der Waals surface area contributed by atoms with Gasteiger partial charge in [-0.3, -0.25) is 14.6 Å². The largest absolute Gasteiger partial charge is 0.395 e. The Balaban J connectivity index is 1.49. The number of urea groups is 1. The molecule has 0 aromatic heterocycles. The summed E-state index contributed by atoms with van der Waals surface area (Å²) >= 11 is 6.58. The summed E-state index contributed by atoms with van der Waals surface area (Å²) in [5.41, 5.74) is 2.76. The van der Waals surface area contributed by atoms with Crippen molar-refractivity contribution in [1.29, 1.82) is 0 Å². The Morgan fingerprint density at radius 2 is 2.00 bits per heavy atom. The highest BCUT2D eigenvalue weighted by molar-refractivity contribution is 6.35. The number of benzene rings is 2. The van der Waals surface area contributed by atoms with Crippen LogP contribution in [0.25, 0.3) is 0 Å². The van der Waals surface area contributed by atoms with Crippen LogP contribution in [0.1, 0.15) is 35.7 Å². The Morgan fingerprint density at radius 3 is 2.71 bits per heavy atom. The van der Waals surface area contributed by atoms with Crippen LogP contribution >= 0.6 is 11.6 Å². The predicted molar refractivity (Wildman–Crippen MR) is 148 cm³/mol. The van der Waals surface area contributed by atoms with E-state index in [1.807, 2.05) is 48.5 Å². The van der Waals surface area contributed by atoms with Crippen molar-refractivity contribution >= 4 is 47.0 Å². The number of hydrogen-bond donors (Lipinski definition) is 2. The molecule has 0 fully saturated rings. The van der Waals surface area contributed by atoms with Crippen molar-refractivity contribution < 1.29 is 19.5 Å². The second-order valence-corrected chi connectivity index (χ2v) is 9.82. The van der Waals surface area contributed by atoms with E-state index in [4.69, 9.17) is 16.7 Å². The van der Waals surface area contributed by atoms with Crippen molar-refractivity contribution in [1.82, 2.24) is 15.1 Å². The number of nitrogens with one attached hydrogen (secondary N) is 1. The zero-order chi connectivity index (χ0) is 27.2.